The van der Waals surface area contributed by atoms with Gasteiger partial charge in [-0.3, -0.25) is 0 Å². The third-order valence-electron chi connectivity index (χ3n) is 2.85. The first-order chi connectivity index (χ1) is 9.19. The van der Waals surface area contributed by atoms with Gasteiger partial charge in [0.05, 0.1) is 16.1 Å². The summed E-state index contributed by atoms with van der Waals surface area (Å²) in [6.07, 6.45) is 4.35. The fourth-order valence-electron chi connectivity index (χ4n) is 1.86. The number of ether oxygens (including phenoxy) is 1. The first kappa shape index (κ1) is 17.0. The average Bonchev–Trinajstić information content (AvgIpc) is 2.37. The molecule has 0 saturated carbocycles. The van der Waals surface area contributed by atoms with Gasteiger partial charge in [0.15, 0.2) is 0 Å². The van der Waals surface area contributed by atoms with Crippen molar-refractivity contribution in [2.75, 3.05) is 20.3 Å². The number of unbranched alkanes of at least 4 members (excludes halogenated alkanes) is 3. The highest BCUT2D eigenvalue weighted by molar-refractivity contribution is 9.11. The highest BCUT2D eigenvalue weighted by Gasteiger charge is 2.07. The molecule has 0 aliphatic heterocycles. The molecule has 0 atom stereocenters. The van der Waals surface area contributed by atoms with Crippen molar-refractivity contribution < 1.29 is 9.84 Å². The van der Waals surface area contributed by atoms with Crippen LogP contribution in [0.2, 0.25) is 0 Å². The molecule has 0 heterocycles. The standard InChI is InChI=1S/C14H21Br2NO2/c1-19-14-12(15)8-11(9-13(14)16)10-17-6-4-2-3-5-7-18/h8-9,17-18H,2-7,10H2,1H3. The Labute approximate surface area is 132 Å². The maximum absolute atomic E-state index is 8.68. The van der Waals surface area contributed by atoms with Crippen molar-refractivity contribution in [1.82, 2.24) is 5.32 Å². The van der Waals surface area contributed by atoms with Crippen LogP contribution in [0.4, 0.5) is 0 Å². The molecule has 0 aromatic heterocycles. The van der Waals surface area contributed by atoms with Gasteiger partial charge in [0.25, 0.3) is 0 Å². The molecule has 0 aliphatic rings. The molecule has 2 N–H and O–H groups in total. The minimum atomic E-state index is 0.307. The van der Waals surface area contributed by atoms with Crippen molar-refractivity contribution >= 4 is 31.9 Å². The van der Waals surface area contributed by atoms with E-state index in [1.54, 1.807) is 7.11 Å². The third kappa shape index (κ3) is 6.25. The summed E-state index contributed by atoms with van der Waals surface area (Å²) in [6, 6.07) is 4.14. The number of aliphatic hydroxyl groups excluding tert-OH is 1. The zero-order chi connectivity index (χ0) is 14.1. The van der Waals surface area contributed by atoms with Crippen molar-refractivity contribution in [2.24, 2.45) is 0 Å². The molecule has 1 rings (SSSR count). The maximum atomic E-state index is 8.68. The van der Waals surface area contributed by atoms with Crippen LogP contribution >= 0.6 is 31.9 Å². The summed E-state index contributed by atoms with van der Waals surface area (Å²) in [5.74, 6) is 0.827. The monoisotopic (exact) mass is 393 g/mol. The van der Waals surface area contributed by atoms with E-state index in [9.17, 15) is 0 Å². The van der Waals surface area contributed by atoms with Crippen molar-refractivity contribution in [1.29, 1.82) is 0 Å². The fraction of sp³-hybridized carbons (Fsp3) is 0.571. The van der Waals surface area contributed by atoms with E-state index < -0.39 is 0 Å². The Morgan fingerprint density at radius 3 is 2.32 bits per heavy atom. The molecule has 0 amide bonds. The van der Waals surface area contributed by atoms with Gasteiger partial charge < -0.3 is 15.2 Å². The summed E-state index contributed by atoms with van der Waals surface area (Å²) in [5.41, 5.74) is 1.22. The van der Waals surface area contributed by atoms with Crippen LogP contribution in [0, 0.1) is 0 Å². The van der Waals surface area contributed by atoms with Crippen molar-refractivity contribution in [3.8, 4) is 5.75 Å². The molecular weight excluding hydrogens is 374 g/mol. The Balaban J connectivity index is 2.30. The largest absolute Gasteiger partial charge is 0.494 e. The SMILES string of the molecule is COc1c(Br)cc(CNCCCCCCO)cc1Br. The molecule has 0 aliphatic carbocycles. The second-order valence-corrected chi connectivity index (χ2v) is 6.12. The summed E-state index contributed by atoms with van der Waals surface area (Å²) in [6.45, 7) is 2.16. The van der Waals surface area contributed by atoms with Gasteiger partial charge in [0.2, 0.25) is 0 Å². The molecule has 5 heteroatoms. The molecule has 0 fully saturated rings. The van der Waals surface area contributed by atoms with Crippen molar-refractivity contribution in [3.05, 3.63) is 26.6 Å². The lowest BCUT2D eigenvalue weighted by Crippen LogP contribution is -2.14. The molecular formula is C14H21Br2NO2. The Morgan fingerprint density at radius 2 is 1.74 bits per heavy atom. The molecule has 0 unspecified atom stereocenters. The van der Waals surface area contributed by atoms with Crippen LogP contribution in [-0.2, 0) is 6.54 Å². The summed E-state index contributed by atoms with van der Waals surface area (Å²) < 4.78 is 7.20. The van der Waals surface area contributed by atoms with Gasteiger partial charge in [0, 0.05) is 13.2 Å². The van der Waals surface area contributed by atoms with Gasteiger partial charge >= 0.3 is 0 Å². The van der Waals surface area contributed by atoms with E-state index in [1.165, 1.54) is 12.0 Å². The number of rotatable bonds is 9. The zero-order valence-electron chi connectivity index (χ0n) is 11.2. The minimum absolute atomic E-state index is 0.307. The lowest BCUT2D eigenvalue weighted by molar-refractivity contribution is 0.282. The second kappa shape index (κ2) is 9.75. The van der Waals surface area contributed by atoms with Crippen LogP contribution in [-0.4, -0.2) is 25.4 Å². The normalized spacial score (nSPS) is 10.7. The quantitative estimate of drug-likeness (QED) is 0.624. The number of nitrogens with one attached hydrogen (secondary N) is 1. The number of benzene rings is 1. The Bertz CT molecular complexity index is 363. The van der Waals surface area contributed by atoms with E-state index in [-0.39, 0.29) is 0 Å². The first-order valence-corrected chi connectivity index (χ1v) is 8.11. The van der Waals surface area contributed by atoms with E-state index in [2.05, 4.69) is 49.3 Å². The third-order valence-corrected chi connectivity index (χ3v) is 4.03. The van der Waals surface area contributed by atoms with Crippen molar-refractivity contribution in [3.63, 3.8) is 0 Å². The van der Waals surface area contributed by atoms with Crippen molar-refractivity contribution in [2.45, 2.75) is 32.2 Å². The smallest absolute Gasteiger partial charge is 0.147 e. The number of hydrogen-bond donors (Lipinski definition) is 2. The van der Waals surface area contributed by atoms with Gasteiger partial charge in [-0.05, 0) is 68.9 Å². The molecule has 0 bridgehead atoms. The maximum Gasteiger partial charge on any atom is 0.147 e. The van der Waals surface area contributed by atoms with E-state index in [0.717, 1.165) is 47.0 Å². The van der Waals surface area contributed by atoms with Crippen LogP contribution in [0.1, 0.15) is 31.2 Å². The Hall–Kier alpha value is -0.100. The predicted molar refractivity (Wildman–Crippen MR) is 85.7 cm³/mol. The second-order valence-electron chi connectivity index (χ2n) is 4.41. The predicted octanol–water partition coefficient (Wildman–Crippen LogP) is 3.86. The van der Waals surface area contributed by atoms with Gasteiger partial charge in [0.1, 0.15) is 5.75 Å². The molecule has 0 saturated heterocycles. The molecule has 1 aromatic carbocycles. The number of halogens is 2. The average molecular weight is 395 g/mol. The van der Waals surface area contributed by atoms with Gasteiger partial charge in [-0.15, -0.1) is 0 Å². The van der Waals surface area contributed by atoms with E-state index in [4.69, 9.17) is 9.84 Å². The number of methoxy groups -OCH3 is 1. The summed E-state index contributed by atoms with van der Waals surface area (Å²) in [7, 11) is 1.66. The Kier molecular flexibility index (Phi) is 8.70. The molecule has 1 aromatic rings. The molecule has 0 spiro atoms. The van der Waals surface area contributed by atoms with Crippen LogP contribution in [0.3, 0.4) is 0 Å². The first-order valence-electron chi connectivity index (χ1n) is 6.52. The van der Waals surface area contributed by atoms with E-state index in [0.29, 0.717) is 6.61 Å². The topological polar surface area (TPSA) is 41.5 Å². The minimum Gasteiger partial charge on any atom is -0.494 e. The van der Waals surface area contributed by atoms with Crippen LogP contribution in [0.5, 0.6) is 5.75 Å². The molecule has 108 valence electrons. The van der Waals surface area contributed by atoms with Crippen LogP contribution in [0.25, 0.3) is 0 Å². The lowest BCUT2D eigenvalue weighted by Gasteiger charge is -2.10. The number of hydrogen-bond acceptors (Lipinski definition) is 3. The van der Waals surface area contributed by atoms with Crippen LogP contribution < -0.4 is 10.1 Å². The lowest BCUT2D eigenvalue weighted by atomic mass is 10.2. The highest BCUT2D eigenvalue weighted by Crippen LogP contribution is 2.34. The summed E-state index contributed by atoms with van der Waals surface area (Å²) in [4.78, 5) is 0. The number of aliphatic hydroxyl groups is 1. The molecule has 0 radical (unpaired) electrons. The zero-order valence-corrected chi connectivity index (χ0v) is 14.4. The van der Waals surface area contributed by atoms with Gasteiger partial charge in [-0.1, -0.05) is 12.8 Å². The van der Waals surface area contributed by atoms with Crippen LogP contribution in [0.15, 0.2) is 21.1 Å². The highest BCUT2D eigenvalue weighted by atomic mass is 79.9. The molecule has 3 nitrogen and oxygen atoms in total. The summed E-state index contributed by atoms with van der Waals surface area (Å²) in [5, 5.41) is 12.1. The summed E-state index contributed by atoms with van der Waals surface area (Å²) >= 11 is 7.01. The van der Waals surface area contributed by atoms with Gasteiger partial charge in [-0.2, -0.15) is 0 Å². The Morgan fingerprint density at radius 1 is 1.11 bits per heavy atom. The van der Waals surface area contributed by atoms with Gasteiger partial charge in [-0.25, -0.2) is 0 Å². The fourth-order valence-corrected chi connectivity index (χ4v) is 3.46. The molecule has 19 heavy (non-hydrogen) atoms. The van der Waals surface area contributed by atoms with E-state index >= 15 is 0 Å². The van der Waals surface area contributed by atoms with E-state index in [1.807, 2.05) is 0 Å².